The van der Waals surface area contributed by atoms with Crippen LogP contribution >= 0.6 is 15.9 Å². The molecule has 6 nitrogen and oxygen atoms in total. The second-order valence-electron chi connectivity index (χ2n) is 5.95. The molecule has 3 N–H and O–H groups in total. The van der Waals surface area contributed by atoms with Gasteiger partial charge in [0, 0.05) is 17.1 Å². The Kier molecular flexibility index (Phi) is 5.90. The van der Waals surface area contributed by atoms with Gasteiger partial charge < -0.3 is 11.1 Å². The van der Waals surface area contributed by atoms with Gasteiger partial charge in [-0.05, 0) is 37.5 Å². The van der Waals surface area contributed by atoms with E-state index in [4.69, 9.17) is 5.73 Å². The number of hydrogen-bond donors (Lipinski definition) is 2. The fraction of sp³-hybridized carbons (Fsp3) is 0.438. The molecule has 0 saturated carbocycles. The Balaban J connectivity index is 2.20. The molecule has 0 bridgehead atoms. The van der Waals surface area contributed by atoms with Gasteiger partial charge in [0.1, 0.15) is 0 Å². The maximum absolute atomic E-state index is 12.4. The summed E-state index contributed by atoms with van der Waals surface area (Å²) in [6.07, 6.45) is 0.834. The van der Waals surface area contributed by atoms with E-state index in [1.807, 2.05) is 31.2 Å². The van der Waals surface area contributed by atoms with E-state index in [2.05, 4.69) is 45.4 Å². The molecule has 1 amide bonds. The van der Waals surface area contributed by atoms with Crippen LogP contribution in [0, 0.1) is 12.8 Å². The number of nitrogens with two attached hydrogens (primary N) is 1. The fourth-order valence-corrected chi connectivity index (χ4v) is 2.82. The number of rotatable bonds is 6. The van der Waals surface area contributed by atoms with E-state index in [1.165, 1.54) is 0 Å². The van der Waals surface area contributed by atoms with Gasteiger partial charge in [0.2, 0.25) is 0 Å². The number of hydrogen-bond acceptors (Lipinski definition) is 4. The molecule has 7 heteroatoms. The van der Waals surface area contributed by atoms with Gasteiger partial charge in [0.05, 0.1) is 11.4 Å². The molecule has 1 aromatic heterocycles. The summed E-state index contributed by atoms with van der Waals surface area (Å²) in [6.45, 7) is 6.44. The first-order valence-corrected chi connectivity index (χ1v) is 8.40. The fourth-order valence-electron chi connectivity index (χ4n) is 2.43. The van der Waals surface area contributed by atoms with Gasteiger partial charge in [-0.1, -0.05) is 41.1 Å². The largest absolute Gasteiger partial charge is 0.347 e. The second-order valence-corrected chi connectivity index (χ2v) is 6.87. The van der Waals surface area contributed by atoms with Gasteiger partial charge in [-0.2, -0.15) is 0 Å². The molecule has 2 rings (SSSR count). The van der Waals surface area contributed by atoms with Crippen molar-refractivity contribution in [2.45, 2.75) is 33.2 Å². The third-order valence-corrected chi connectivity index (χ3v) is 4.03. The summed E-state index contributed by atoms with van der Waals surface area (Å²) in [6, 6.07) is 7.62. The highest BCUT2D eigenvalue weighted by molar-refractivity contribution is 9.10. The monoisotopic (exact) mass is 379 g/mol. The van der Waals surface area contributed by atoms with Gasteiger partial charge in [0.15, 0.2) is 5.69 Å². The maximum atomic E-state index is 12.4. The van der Waals surface area contributed by atoms with Gasteiger partial charge in [-0.25, -0.2) is 4.68 Å². The zero-order chi connectivity index (χ0) is 17.0. The van der Waals surface area contributed by atoms with Crippen LogP contribution in [0.15, 0.2) is 28.7 Å². The van der Waals surface area contributed by atoms with Crippen LogP contribution in [0.3, 0.4) is 0 Å². The SMILES string of the molecule is Cc1c(C(=O)NC(CN)CC(C)C)nnn1-c1cccc(Br)c1. The molecule has 0 spiro atoms. The van der Waals surface area contributed by atoms with Crippen molar-refractivity contribution in [2.24, 2.45) is 11.7 Å². The topological polar surface area (TPSA) is 85.8 Å². The highest BCUT2D eigenvalue weighted by Crippen LogP contribution is 2.17. The zero-order valence-electron chi connectivity index (χ0n) is 13.6. The molecule has 124 valence electrons. The zero-order valence-corrected chi connectivity index (χ0v) is 15.2. The lowest BCUT2D eigenvalue weighted by molar-refractivity contribution is 0.0928. The third kappa shape index (κ3) is 4.39. The molecular weight excluding hydrogens is 358 g/mol. The second kappa shape index (κ2) is 7.70. The predicted molar refractivity (Wildman–Crippen MR) is 93.6 cm³/mol. The Morgan fingerprint density at radius 3 is 2.78 bits per heavy atom. The van der Waals surface area contributed by atoms with Gasteiger partial charge in [0.25, 0.3) is 5.91 Å². The number of benzene rings is 1. The molecule has 1 atom stereocenters. The molecular formula is C16H22BrN5O. The van der Waals surface area contributed by atoms with Crippen LogP contribution in [0.2, 0.25) is 0 Å². The first-order chi connectivity index (χ1) is 10.9. The molecule has 0 aliphatic rings. The van der Waals surface area contributed by atoms with Crippen LogP contribution in [0.1, 0.15) is 36.5 Å². The van der Waals surface area contributed by atoms with Crippen LogP contribution in [-0.2, 0) is 0 Å². The van der Waals surface area contributed by atoms with Gasteiger partial charge in [-0.15, -0.1) is 5.10 Å². The normalized spacial score (nSPS) is 12.4. The minimum atomic E-state index is -0.236. The third-order valence-electron chi connectivity index (χ3n) is 3.54. The lowest BCUT2D eigenvalue weighted by Crippen LogP contribution is -2.41. The first kappa shape index (κ1) is 17.6. The van der Waals surface area contributed by atoms with E-state index < -0.39 is 0 Å². The van der Waals surface area contributed by atoms with Crippen molar-refractivity contribution in [1.29, 1.82) is 0 Å². The highest BCUT2D eigenvalue weighted by Gasteiger charge is 2.20. The molecule has 2 aromatic rings. The van der Waals surface area contributed by atoms with Crippen molar-refractivity contribution >= 4 is 21.8 Å². The minimum Gasteiger partial charge on any atom is -0.347 e. The number of nitrogens with one attached hydrogen (secondary N) is 1. The van der Waals surface area contributed by atoms with Crippen LogP contribution in [0.5, 0.6) is 0 Å². The lowest BCUT2D eigenvalue weighted by Gasteiger charge is -2.18. The van der Waals surface area contributed by atoms with Crippen molar-refractivity contribution in [3.63, 3.8) is 0 Å². The molecule has 1 aromatic carbocycles. The molecule has 1 heterocycles. The van der Waals surface area contributed by atoms with E-state index in [1.54, 1.807) is 4.68 Å². The summed E-state index contributed by atoms with van der Waals surface area (Å²) < 4.78 is 2.59. The highest BCUT2D eigenvalue weighted by atomic mass is 79.9. The van der Waals surface area contributed by atoms with Gasteiger partial charge >= 0.3 is 0 Å². The Labute approximate surface area is 144 Å². The standard InChI is InChI=1S/C16H22BrN5O/c1-10(2)7-13(9-18)19-16(23)15-11(3)22(21-20-15)14-6-4-5-12(17)8-14/h4-6,8,10,13H,7,9,18H2,1-3H3,(H,19,23). The summed E-state index contributed by atoms with van der Waals surface area (Å²) in [5, 5.41) is 11.1. The average molecular weight is 380 g/mol. The maximum Gasteiger partial charge on any atom is 0.274 e. The number of carbonyl (C=O) groups is 1. The van der Waals surface area contributed by atoms with E-state index in [0.29, 0.717) is 23.9 Å². The molecule has 0 aliphatic heterocycles. The summed E-state index contributed by atoms with van der Waals surface area (Å²) in [5.41, 5.74) is 7.61. The van der Waals surface area contributed by atoms with Crippen molar-refractivity contribution in [3.8, 4) is 5.69 Å². The Morgan fingerprint density at radius 1 is 1.43 bits per heavy atom. The Morgan fingerprint density at radius 2 is 2.17 bits per heavy atom. The van der Waals surface area contributed by atoms with E-state index in [0.717, 1.165) is 16.6 Å². The van der Waals surface area contributed by atoms with Crippen molar-refractivity contribution in [2.75, 3.05) is 6.54 Å². The molecule has 1 unspecified atom stereocenters. The number of aromatic nitrogens is 3. The van der Waals surface area contributed by atoms with Crippen molar-refractivity contribution < 1.29 is 4.79 Å². The molecule has 0 radical (unpaired) electrons. The number of nitrogens with zero attached hydrogens (tertiary/aromatic N) is 3. The van der Waals surface area contributed by atoms with E-state index >= 15 is 0 Å². The summed E-state index contributed by atoms with van der Waals surface area (Å²) in [4.78, 5) is 12.4. The average Bonchev–Trinajstić information content (AvgIpc) is 2.87. The molecule has 0 fully saturated rings. The van der Waals surface area contributed by atoms with Crippen LogP contribution < -0.4 is 11.1 Å². The van der Waals surface area contributed by atoms with Gasteiger partial charge in [-0.3, -0.25) is 4.79 Å². The summed E-state index contributed by atoms with van der Waals surface area (Å²) in [7, 11) is 0. The Hall–Kier alpha value is -1.73. The quantitative estimate of drug-likeness (QED) is 0.806. The smallest absolute Gasteiger partial charge is 0.274 e. The van der Waals surface area contributed by atoms with E-state index in [9.17, 15) is 4.79 Å². The molecule has 23 heavy (non-hydrogen) atoms. The van der Waals surface area contributed by atoms with Crippen LogP contribution in [0.4, 0.5) is 0 Å². The first-order valence-electron chi connectivity index (χ1n) is 7.61. The van der Waals surface area contributed by atoms with E-state index in [-0.39, 0.29) is 11.9 Å². The Bertz CT molecular complexity index is 683. The summed E-state index contributed by atoms with van der Waals surface area (Å²) >= 11 is 3.43. The molecule has 0 saturated heterocycles. The molecule has 0 aliphatic carbocycles. The number of amides is 1. The number of carbonyl (C=O) groups excluding carboxylic acids is 1. The van der Waals surface area contributed by atoms with Crippen molar-refractivity contribution in [1.82, 2.24) is 20.3 Å². The van der Waals surface area contributed by atoms with Crippen LogP contribution in [0.25, 0.3) is 5.69 Å². The predicted octanol–water partition coefficient (Wildman–Crippen LogP) is 2.44. The lowest BCUT2D eigenvalue weighted by atomic mass is 10.0. The minimum absolute atomic E-state index is 0.0575. The van der Waals surface area contributed by atoms with Crippen LogP contribution in [-0.4, -0.2) is 33.5 Å². The van der Waals surface area contributed by atoms with Crippen molar-refractivity contribution in [3.05, 3.63) is 40.1 Å². The number of halogens is 1. The summed E-state index contributed by atoms with van der Waals surface area (Å²) in [5.74, 6) is 0.224.